The number of hydrogen-bond donors (Lipinski definition) is 0. The molecular weight excluding hydrogens is 171 g/mol. The largest absolute Gasteiger partial charge is 0.508 e. The van der Waals surface area contributed by atoms with Crippen molar-refractivity contribution in [1.29, 1.82) is 0 Å². The molecule has 0 aromatic carbocycles. The molecule has 0 spiro atoms. The van der Waals surface area contributed by atoms with Gasteiger partial charge in [-0.1, -0.05) is 13.3 Å². The van der Waals surface area contributed by atoms with Gasteiger partial charge in [0.15, 0.2) is 0 Å². The summed E-state index contributed by atoms with van der Waals surface area (Å²) < 4.78 is 36.3. The van der Waals surface area contributed by atoms with Gasteiger partial charge in [0.25, 0.3) is 0 Å². The molecular formula is C7H10F3NO. The van der Waals surface area contributed by atoms with Crippen molar-refractivity contribution in [3.63, 3.8) is 0 Å². The molecule has 0 aromatic heterocycles. The second-order valence-corrected chi connectivity index (χ2v) is 2.50. The van der Waals surface area contributed by atoms with Gasteiger partial charge in [0, 0.05) is 5.70 Å². The van der Waals surface area contributed by atoms with E-state index >= 15 is 0 Å². The fourth-order valence-electron chi connectivity index (χ4n) is 1.07. The molecule has 1 rings (SSSR count). The zero-order valence-corrected chi connectivity index (χ0v) is 6.69. The number of nitrogens with zero attached hydrogens (tertiary/aromatic N) is 1. The Balaban J connectivity index is 2.62. The van der Waals surface area contributed by atoms with Crippen molar-refractivity contribution in [2.75, 3.05) is 6.61 Å². The lowest BCUT2D eigenvalue weighted by molar-refractivity contribution is -0.344. The van der Waals surface area contributed by atoms with Crippen LogP contribution in [0.1, 0.15) is 19.8 Å². The van der Waals surface area contributed by atoms with E-state index in [0.717, 1.165) is 0 Å². The topological polar surface area (TPSA) is 12.5 Å². The Morgan fingerprint density at radius 2 is 2.25 bits per heavy atom. The second-order valence-electron chi connectivity index (χ2n) is 2.50. The third-order valence-electron chi connectivity index (χ3n) is 1.52. The van der Waals surface area contributed by atoms with E-state index in [-0.39, 0.29) is 17.4 Å². The predicted molar refractivity (Wildman–Crippen MR) is 36.8 cm³/mol. The Morgan fingerprint density at radius 3 is 2.75 bits per heavy atom. The van der Waals surface area contributed by atoms with Crippen molar-refractivity contribution in [2.45, 2.75) is 26.1 Å². The van der Waals surface area contributed by atoms with Crippen LogP contribution in [-0.2, 0) is 4.84 Å². The molecule has 12 heavy (non-hydrogen) atoms. The van der Waals surface area contributed by atoms with E-state index in [9.17, 15) is 13.2 Å². The Kier molecular flexibility index (Phi) is 2.62. The van der Waals surface area contributed by atoms with E-state index in [2.05, 4.69) is 4.84 Å². The molecule has 0 fully saturated rings. The number of rotatable bonds is 2. The fraction of sp³-hybridized carbons (Fsp3) is 0.714. The van der Waals surface area contributed by atoms with Gasteiger partial charge in [-0.05, 0) is 12.5 Å². The summed E-state index contributed by atoms with van der Waals surface area (Å²) in [6.45, 7) is 1.85. The highest BCUT2D eigenvalue weighted by atomic mass is 19.4. The van der Waals surface area contributed by atoms with Crippen LogP contribution in [-0.4, -0.2) is 18.0 Å². The number of halogens is 3. The third-order valence-corrected chi connectivity index (χ3v) is 1.52. The van der Waals surface area contributed by atoms with Gasteiger partial charge in [0.05, 0.1) is 6.61 Å². The third kappa shape index (κ3) is 1.91. The van der Waals surface area contributed by atoms with Crippen LogP contribution in [0.3, 0.4) is 0 Å². The lowest BCUT2D eigenvalue weighted by Gasteiger charge is -2.22. The van der Waals surface area contributed by atoms with Crippen LogP contribution in [0.25, 0.3) is 0 Å². The van der Waals surface area contributed by atoms with Crippen molar-refractivity contribution < 1.29 is 18.0 Å². The molecule has 70 valence electrons. The van der Waals surface area contributed by atoms with Crippen LogP contribution in [0.2, 0.25) is 0 Å². The van der Waals surface area contributed by atoms with Crippen molar-refractivity contribution in [2.24, 2.45) is 0 Å². The van der Waals surface area contributed by atoms with Gasteiger partial charge < -0.3 is 0 Å². The fourth-order valence-corrected chi connectivity index (χ4v) is 1.07. The van der Waals surface area contributed by atoms with Gasteiger partial charge in [0.2, 0.25) is 0 Å². The van der Waals surface area contributed by atoms with Crippen molar-refractivity contribution in [1.82, 2.24) is 5.06 Å². The molecule has 0 radical (unpaired) electrons. The average molecular weight is 181 g/mol. The Morgan fingerprint density at radius 1 is 1.58 bits per heavy atom. The normalized spacial score (nSPS) is 18.3. The van der Waals surface area contributed by atoms with Crippen LogP contribution in [0.5, 0.6) is 0 Å². The maximum Gasteiger partial charge on any atom is 0.508 e. The first kappa shape index (κ1) is 9.38. The molecule has 0 aliphatic carbocycles. The molecule has 0 bridgehead atoms. The molecule has 1 aliphatic heterocycles. The number of hydrogen-bond acceptors (Lipinski definition) is 2. The minimum Gasteiger partial charge on any atom is -0.262 e. The lowest BCUT2D eigenvalue weighted by atomic mass is 10.2. The summed E-state index contributed by atoms with van der Waals surface area (Å²) in [6, 6.07) is 0. The van der Waals surface area contributed by atoms with E-state index in [1.54, 1.807) is 0 Å². The lowest BCUT2D eigenvalue weighted by Crippen LogP contribution is -2.34. The molecule has 1 heterocycles. The Labute approximate surface area is 68.6 Å². The Hall–Kier alpha value is -0.710. The molecule has 2 nitrogen and oxygen atoms in total. The molecule has 0 atom stereocenters. The van der Waals surface area contributed by atoms with E-state index in [0.29, 0.717) is 12.8 Å². The second kappa shape index (κ2) is 3.35. The molecule has 0 saturated carbocycles. The minimum atomic E-state index is -4.41. The number of hydroxylamine groups is 2. The van der Waals surface area contributed by atoms with E-state index in [1.165, 1.54) is 6.08 Å². The van der Waals surface area contributed by atoms with Gasteiger partial charge in [-0.15, -0.1) is 13.2 Å². The highest BCUT2D eigenvalue weighted by Crippen LogP contribution is 2.31. The number of allylic oxidation sites excluding steroid dienone is 1. The van der Waals surface area contributed by atoms with Crippen LogP contribution in [0, 0.1) is 0 Å². The quantitative estimate of drug-likeness (QED) is 0.606. The van der Waals surface area contributed by atoms with E-state index in [4.69, 9.17) is 0 Å². The van der Waals surface area contributed by atoms with Gasteiger partial charge >= 0.3 is 6.30 Å². The molecule has 1 aliphatic rings. The van der Waals surface area contributed by atoms with Crippen LogP contribution >= 0.6 is 0 Å². The van der Waals surface area contributed by atoms with Crippen LogP contribution < -0.4 is 0 Å². The van der Waals surface area contributed by atoms with Crippen LogP contribution in [0.4, 0.5) is 13.2 Å². The molecule has 0 unspecified atom stereocenters. The zero-order chi connectivity index (χ0) is 9.19. The monoisotopic (exact) mass is 181 g/mol. The molecule has 0 amide bonds. The highest BCUT2D eigenvalue weighted by Gasteiger charge is 2.41. The van der Waals surface area contributed by atoms with Crippen LogP contribution in [0.15, 0.2) is 11.8 Å². The molecule has 0 saturated heterocycles. The molecule has 5 heteroatoms. The standard InChI is InChI=1S/C7H10F3NO/c1-2-3-6-4-5-12-11(6)7(8,9)10/h4H,2-3,5H2,1H3. The first-order chi connectivity index (χ1) is 5.55. The SMILES string of the molecule is CCCC1=CCON1C(F)(F)F. The van der Waals surface area contributed by atoms with E-state index < -0.39 is 6.30 Å². The molecule has 0 N–H and O–H groups in total. The first-order valence-corrected chi connectivity index (χ1v) is 3.74. The minimum absolute atomic E-state index is 0.0227. The summed E-state index contributed by atoms with van der Waals surface area (Å²) in [5.74, 6) is 0. The van der Waals surface area contributed by atoms with Gasteiger partial charge in [0.1, 0.15) is 0 Å². The summed E-state index contributed by atoms with van der Waals surface area (Å²) in [5, 5.41) is 0.0382. The summed E-state index contributed by atoms with van der Waals surface area (Å²) in [4.78, 5) is 4.40. The maximum absolute atomic E-state index is 12.1. The maximum atomic E-state index is 12.1. The zero-order valence-electron chi connectivity index (χ0n) is 6.69. The van der Waals surface area contributed by atoms with Crippen molar-refractivity contribution in [3.8, 4) is 0 Å². The molecule has 0 aromatic rings. The summed E-state index contributed by atoms with van der Waals surface area (Å²) in [7, 11) is 0. The van der Waals surface area contributed by atoms with Gasteiger partial charge in [-0.2, -0.15) is 5.06 Å². The Bertz CT molecular complexity index is 188. The predicted octanol–water partition coefficient (Wildman–Crippen LogP) is 2.44. The van der Waals surface area contributed by atoms with Gasteiger partial charge in [-0.3, -0.25) is 4.84 Å². The smallest absolute Gasteiger partial charge is 0.262 e. The van der Waals surface area contributed by atoms with E-state index in [1.807, 2.05) is 6.92 Å². The average Bonchev–Trinajstić information content (AvgIpc) is 2.34. The summed E-state index contributed by atoms with van der Waals surface area (Å²) in [5.41, 5.74) is 0.213. The van der Waals surface area contributed by atoms with Crippen molar-refractivity contribution in [3.05, 3.63) is 11.8 Å². The highest BCUT2D eigenvalue weighted by molar-refractivity contribution is 5.03. The first-order valence-electron chi connectivity index (χ1n) is 3.74. The summed E-state index contributed by atoms with van der Waals surface area (Å²) >= 11 is 0. The van der Waals surface area contributed by atoms with Crippen molar-refractivity contribution >= 4 is 0 Å². The van der Waals surface area contributed by atoms with Gasteiger partial charge in [-0.25, -0.2) is 0 Å². The summed E-state index contributed by atoms with van der Waals surface area (Å²) in [6.07, 6.45) is -1.87. The number of alkyl halides is 3.